The summed E-state index contributed by atoms with van der Waals surface area (Å²) in [4.78, 5) is 15.4. The van der Waals surface area contributed by atoms with Crippen LogP contribution in [0.4, 0.5) is 0 Å². The first-order valence-electron chi connectivity index (χ1n) is 17.2. The van der Waals surface area contributed by atoms with Crippen LogP contribution >= 0.6 is 0 Å². The molecule has 0 spiro atoms. The van der Waals surface area contributed by atoms with Crippen LogP contribution in [-0.4, -0.2) is 15.0 Å². The van der Waals surface area contributed by atoms with E-state index in [9.17, 15) is 0 Å². The van der Waals surface area contributed by atoms with E-state index in [1.807, 2.05) is 42.5 Å². The second-order valence-corrected chi connectivity index (χ2v) is 13.1. The van der Waals surface area contributed by atoms with Crippen molar-refractivity contribution in [3.8, 4) is 67.5 Å². The Kier molecular flexibility index (Phi) is 5.92. The summed E-state index contributed by atoms with van der Waals surface area (Å²) in [5.74, 6) is 1.86. The van der Waals surface area contributed by atoms with Gasteiger partial charge in [-0.25, -0.2) is 15.0 Å². The molecule has 0 saturated carbocycles. The molecule has 236 valence electrons. The molecule has 10 aromatic rings. The fraction of sp³-hybridized carbons (Fsp3) is 0. The lowest BCUT2D eigenvalue weighted by atomic mass is 9.92. The van der Waals surface area contributed by atoms with Crippen LogP contribution < -0.4 is 0 Å². The molecule has 0 radical (unpaired) electrons. The Hall–Kier alpha value is -6.91. The zero-order chi connectivity index (χ0) is 33.5. The van der Waals surface area contributed by atoms with Gasteiger partial charge in [-0.3, -0.25) is 0 Å². The van der Waals surface area contributed by atoms with Crippen LogP contribution in [0.2, 0.25) is 0 Å². The first-order valence-corrected chi connectivity index (χ1v) is 17.2. The number of fused-ring (bicyclic) bond motifs is 7. The Labute approximate surface area is 293 Å². The van der Waals surface area contributed by atoms with Crippen LogP contribution in [0.25, 0.3) is 111 Å². The van der Waals surface area contributed by atoms with Crippen LogP contribution in [0.1, 0.15) is 0 Å². The van der Waals surface area contributed by atoms with E-state index in [0.29, 0.717) is 17.5 Å². The molecule has 11 rings (SSSR count). The van der Waals surface area contributed by atoms with Crippen LogP contribution in [0.5, 0.6) is 0 Å². The molecule has 0 unspecified atom stereocenters. The topological polar surface area (TPSA) is 51.8 Å². The van der Waals surface area contributed by atoms with Crippen molar-refractivity contribution in [1.82, 2.24) is 15.0 Å². The Balaban J connectivity index is 1.17. The Bertz CT molecular complexity index is 3000. The van der Waals surface area contributed by atoms with Gasteiger partial charge in [0.15, 0.2) is 17.5 Å². The van der Waals surface area contributed by atoms with Gasteiger partial charge in [0.2, 0.25) is 0 Å². The van der Waals surface area contributed by atoms with Gasteiger partial charge in [-0.05, 0) is 73.6 Å². The van der Waals surface area contributed by atoms with Crippen molar-refractivity contribution in [2.24, 2.45) is 0 Å². The third-order valence-electron chi connectivity index (χ3n) is 10.3. The third-order valence-corrected chi connectivity index (χ3v) is 10.3. The number of rotatable bonds is 4. The number of hydrogen-bond donors (Lipinski definition) is 0. The second-order valence-electron chi connectivity index (χ2n) is 13.1. The Morgan fingerprint density at radius 1 is 0.333 bits per heavy atom. The fourth-order valence-electron chi connectivity index (χ4n) is 7.94. The molecule has 8 aromatic carbocycles. The Morgan fingerprint density at radius 3 is 1.80 bits per heavy atom. The monoisotopic (exact) mass is 649 g/mol. The second kappa shape index (κ2) is 10.8. The van der Waals surface area contributed by atoms with E-state index in [-0.39, 0.29) is 0 Å². The average molecular weight is 650 g/mol. The van der Waals surface area contributed by atoms with Crippen molar-refractivity contribution >= 4 is 43.5 Å². The number of nitrogens with zero attached hydrogens (tertiary/aromatic N) is 3. The molecule has 4 nitrogen and oxygen atoms in total. The van der Waals surface area contributed by atoms with Crippen molar-refractivity contribution in [3.05, 3.63) is 164 Å². The van der Waals surface area contributed by atoms with Crippen molar-refractivity contribution < 1.29 is 4.42 Å². The molecule has 0 saturated heterocycles. The maximum atomic E-state index is 6.79. The molecule has 1 aliphatic carbocycles. The highest BCUT2D eigenvalue weighted by molar-refractivity contribution is 6.22. The van der Waals surface area contributed by atoms with E-state index < -0.39 is 0 Å². The summed E-state index contributed by atoms with van der Waals surface area (Å²) in [5.41, 5.74) is 11.7. The summed E-state index contributed by atoms with van der Waals surface area (Å²) >= 11 is 0. The lowest BCUT2D eigenvalue weighted by molar-refractivity contribution is 0.670. The number of benzene rings is 8. The predicted molar refractivity (Wildman–Crippen MR) is 208 cm³/mol. The molecular formula is C47H27N3O. The smallest absolute Gasteiger partial charge is 0.164 e. The minimum atomic E-state index is 0.603. The number of furan rings is 1. The van der Waals surface area contributed by atoms with E-state index in [0.717, 1.165) is 55.1 Å². The van der Waals surface area contributed by atoms with Crippen LogP contribution in [0.15, 0.2) is 168 Å². The lowest BCUT2D eigenvalue weighted by Gasteiger charge is -2.13. The van der Waals surface area contributed by atoms with Gasteiger partial charge in [0.05, 0.1) is 0 Å². The zero-order valence-corrected chi connectivity index (χ0v) is 27.3. The van der Waals surface area contributed by atoms with Crippen molar-refractivity contribution in [3.63, 3.8) is 0 Å². The van der Waals surface area contributed by atoms with Gasteiger partial charge in [0.1, 0.15) is 11.2 Å². The summed E-state index contributed by atoms with van der Waals surface area (Å²) in [7, 11) is 0. The molecule has 0 amide bonds. The molecule has 0 N–H and O–H groups in total. The highest BCUT2D eigenvalue weighted by atomic mass is 16.3. The SMILES string of the molecule is c1ccc(-c2nc(-c3ccc4ccccc4c3)nc(-c3ccc(-c4ccc5c6c(cccc46)-c4ccccc4-5)c4oc5ccccc5c34)n2)cc1. The van der Waals surface area contributed by atoms with Crippen LogP contribution in [0, 0.1) is 0 Å². The van der Waals surface area contributed by atoms with Gasteiger partial charge in [0.25, 0.3) is 0 Å². The van der Waals surface area contributed by atoms with Gasteiger partial charge < -0.3 is 4.42 Å². The van der Waals surface area contributed by atoms with Crippen molar-refractivity contribution in [1.29, 1.82) is 0 Å². The third kappa shape index (κ3) is 4.23. The fourth-order valence-corrected chi connectivity index (χ4v) is 7.94. The summed E-state index contributed by atoms with van der Waals surface area (Å²) in [6.07, 6.45) is 0. The van der Waals surface area contributed by atoms with Crippen molar-refractivity contribution in [2.45, 2.75) is 0 Å². The normalized spacial score (nSPS) is 11.9. The van der Waals surface area contributed by atoms with Crippen LogP contribution in [0.3, 0.4) is 0 Å². The summed E-state index contributed by atoms with van der Waals surface area (Å²) in [6, 6.07) is 57.3. The zero-order valence-electron chi connectivity index (χ0n) is 27.3. The molecule has 4 heteroatoms. The Morgan fingerprint density at radius 2 is 0.941 bits per heavy atom. The van der Waals surface area contributed by atoms with E-state index >= 15 is 0 Å². The standard InChI is InChI=1S/C47H27N3O/c1-2-12-29(13-3-1)45-48-46(31-22-21-28-11-4-5-14-30(28)27-31)50-47(49-45)40-26-25-38(44-43(40)39-17-8-9-20-41(39)51-44)34-23-24-37-33-16-7-6-15-32(33)35-18-10-19-36(34)42(35)37/h1-27H. The van der Waals surface area contributed by atoms with Gasteiger partial charge in [-0.2, -0.15) is 0 Å². The summed E-state index contributed by atoms with van der Waals surface area (Å²) in [5, 5.41) is 6.82. The molecular weight excluding hydrogens is 623 g/mol. The maximum absolute atomic E-state index is 6.79. The molecule has 1 aliphatic rings. The minimum absolute atomic E-state index is 0.603. The number of hydrogen-bond acceptors (Lipinski definition) is 4. The molecule has 51 heavy (non-hydrogen) atoms. The number of para-hydroxylation sites is 1. The summed E-state index contributed by atoms with van der Waals surface area (Å²) < 4.78 is 6.79. The van der Waals surface area contributed by atoms with E-state index in [1.165, 1.54) is 38.4 Å². The first-order chi connectivity index (χ1) is 25.3. The molecule has 0 atom stereocenters. The van der Waals surface area contributed by atoms with Gasteiger partial charge in [0, 0.05) is 33.0 Å². The maximum Gasteiger partial charge on any atom is 0.164 e. The lowest BCUT2D eigenvalue weighted by Crippen LogP contribution is -2.00. The molecule has 0 bridgehead atoms. The highest BCUT2D eigenvalue weighted by Crippen LogP contribution is 2.50. The van der Waals surface area contributed by atoms with E-state index in [1.54, 1.807) is 0 Å². The van der Waals surface area contributed by atoms with Gasteiger partial charge >= 0.3 is 0 Å². The van der Waals surface area contributed by atoms with E-state index in [2.05, 4.69) is 121 Å². The van der Waals surface area contributed by atoms with Gasteiger partial charge in [-0.1, -0.05) is 140 Å². The van der Waals surface area contributed by atoms with E-state index in [4.69, 9.17) is 19.4 Å². The quantitative estimate of drug-likeness (QED) is 0.190. The average Bonchev–Trinajstić information content (AvgIpc) is 3.75. The molecule has 2 aromatic heterocycles. The van der Waals surface area contributed by atoms with Crippen molar-refractivity contribution in [2.75, 3.05) is 0 Å². The number of aromatic nitrogens is 3. The van der Waals surface area contributed by atoms with Gasteiger partial charge in [-0.15, -0.1) is 0 Å². The molecule has 0 aliphatic heterocycles. The van der Waals surface area contributed by atoms with Crippen LogP contribution in [-0.2, 0) is 0 Å². The summed E-state index contributed by atoms with van der Waals surface area (Å²) in [6.45, 7) is 0. The molecule has 2 heterocycles. The molecule has 0 fully saturated rings. The largest absolute Gasteiger partial charge is 0.455 e. The first kappa shape index (κ1) is 28.0. The minimum Gasteiger partial charge on any atom is -0.455 e. The predicted octanol–water partition coefficient (Wildman–Crippen LogP) is 12.4. The highest BCUT2D eigenvalue weighted by Gasteiger charge is 2.25.